The molecule has 0 radical (unpaired) electrons. The smallest absolute Gasteiger partial charge is 0.0800 e. The van der Waals surface area contributed by atoms with Crippen molar-refractivity contribution in [1.29, 1.82) is 0 Å². The van der Waals surface area contributed by atoms with Crippen LogP contribution in [0.25, 0.3) is 0 Å². The van der Waals surface area contributed by atoms with E-state index in [-0.39, 0.29) is 0 Å². The molecule has 12 aliphatic rings. The molecule has 6 nitrogen and oxygen atoms in total. The zero-order chi connectivity index (χ0) is 60.3. The summed E-state index contributed by atoms with van der Waals surface area (Å²) in [7, 11) is 0. The van der Waals surface area contributed by atoms with Crippen molar-refractivity contribution >= 4 is 22.7 Å². The van der Waals surface area contributed by atoms with E-state index in [9.17, 15) is 0 Å². The molecule has 17 rings (SSSR count). The van der Waals surface area contributed by atoms with Crippen molar-refractivity contribution < 1.29 is 0 Å². The summed E-state index contributed by atoms with van der Waals surface area (Å²) >= 11 is 0. The second-order valence-corrected chi connectivity index (χ2v) is 29.9. The molecule has 10 aliphatic heterocycles. The van der Waals surface area contributed by atoms with Crippen LogP contribution in [0.15, 0.2) is 72.8 Å². The summed E-state index contributed by atoms with van der Waals surface area (Å²) in [5.74, 6) is 2.22. The fourth-order valence-electron chi connectivity index (χ4n) is 18.8. The number of anilines is 4. The Morgan fingerprint density at radius 1 is 0.434 bits per heavy atom. The van der Waals surface area contributed by atoms with E-state index in [1.165, 1.54) is 161 Å². The minimum atomic E-state index is 0.293. The maximum Gasteiger partial charge on any atom is 0.0800 e. The lowest BCUT2D eigenvalue weighted by Crippen LogP contribution is -2.72. The third kappa shape index (κ3) is 10.4. The Kier molecular flexibility index (Phi) is 16.6. The minimum Gasteiger partial charge on any atom is -0.362 e. The number of fused-ring (bicyclic) bond motifs is 11. The molecule has 0 amide bonds. The Balaban J connectivity index is 0.000000124. The van der Waals surface area contributed by atoms with E-state index in [1.807, 2.05) is 0 Å². The molecule has 450 valence electrons. The van der Waals surface area contributed by atoms with Gasteiger partial charge in [0.05, 0.1) is 18.4 Å². The van der Waals surface area contributed by atoms with Crippen LogP contribution in [0, 0.1) is 100 Å². The van der Waals surface area contributed by atoms with Crippen LogP contribution in [0.5, 0.6) is 0 Å². The van der Waals surface area contributed by atoms with Crippen LogP contribution < -0.4 is 19.6 Å². The number of hydrogen-bond acceptors (Lipinski definition) is 6. The zero-order valence-electron chi connectivity index (χ0n) is 56.6. The van der Waals surface area contributed by atoms with Crippen molar-refractivity contribution in [2.45, 2.75) is 270 Å². The van der Waals surface area contributed by atoms with Crippen molar-refractivity contribution in [2.75, 3.05) is 39.2 Å². The zero-order valence-corrected chi connectivity index (χ0v) is 56.6. The normalized spacial score (nSPS) is 34.4. The number of benzene rings is 5. The third-order valence-electron chi connectivity index (χ3n) is 24.9. The minimum absolute atomic E-state index is 0.293. The Hall–Kier alpha value is -4.78. The first-order valence-corrected chi connectivity index (χ1v) is 33.0. The molecule has 2 aliphatic carbocycles. The molecule has 8 bridgehead atoms. The Bertz CT molecular complexity index is 3220. The van der Waals surface area contributed by atoms with Gasteiger partial charge >= 0.3 is 0 Å². The van der Waals surface area contributed by atoms with Crippen LogP contribution in [-0.4, -0.2) is 76.5 Å². The molecule has 0 N–H and O–H groups in total. The molecule has 0 aromatic heterocycles. The van der Waals surface area contributed by atoms with Crippen molar-refractivity contribution in [3.05, 3.63) is 151 Å². The van der Waals surface area contributed by atoms with Gasteiger partial charge in [0.25, 0.3) is 0 Å². The van der Waals surface area contributed by atoms with E-state index in [0.717, 1.165) is 11.8 Å². The summed E-state index contributed by atoms with van der Waals surface area (Å²) in [6.07, 6.45) is 11.5. The lowest BCUT2D eigenvalue weighted by molar-refractivity contribution is -0.0524. The van der Waals surface area contributed by atoms with E-state index >= 15 is 0 Å². The highest BCUT2D eigenvalue weighted by atomic mass is 15.4. The fourth-order valence-corrected chi connectivity index (χ4v) is 18.8. The second kappa shape index (κ2) is 22.5. The van der Waals surface area contributed by atoms with Crippen LogP contribution in [0.3, 0.4) is 0 Å². The van der Waals surface area contributed by atoms with Crippen molar-refractivity contribution in [3.63, 3.8) is 0 Å². The van der Waals surface area contributed by atoms with Gasteiger partial charge in [0.1, 0.15) is 0 Å². The van der Waals surface area contributed by atoms with E-state index in [0.29, 0.717) is 64.4 Å². The third-order valence-corrected chi connectivity index (χ3v) is 24.9. The highest BCUT2D eigenvalue weighted by Crippen LogP contribution is 2.61. The van der Waals surface area contributed by atoms with E-state index in [1.54, 1.807) is 11.1 Å². The van der Waals surface area contributed by atoms with Gasteiger partial charge in [-0.25, -0.2) is 0 Å². The molecule has 6 heteroatoms. The summed E-state index contributed by atoms with van der Waals surface area (Å²) in [6, 6.07) is 30.4. The number of hydrogen-bond donors (Lipinski definition) is 0. The van der Waals surface area contributed by atoms with Gasteiger partial charge in [0.2, 0.25) is 0 Å². The number of nitrogens with zero attached hydrogens (tertiary/aromatic N) is 6. The van der Waals surface area contributed by atoms with Gasteiger partial charge in [-0.15, -0.1) is 0 Å². The van der Waals surface area contributed by atoms with Crippen molar-refractivity contribution in [2.24, 2.45) is 17.3 Å². The molecule has 10 heterocycles. The largest absolute Gasteiger partial charge is 0.362 e. The maximum atomic E-state index is 2.80. The molecule has 9 saturated heterocycles. The van der Waals surface area contributed by atoms with Crippen LogP contribution in [-0.2, 0) is 0 Å². The van der Waals surface area contributed by atoms with Crippen molar-refractivity contribution in [3.8, 4) is 0 Å². The van der Waals surface area contributed by atoms with Crippen LogP contribution >= 0.6 is 0 Å². The average Bonchev–Trinajstić information content (AvgIpc) is 1.12. The second-order valence-electron chi connectivity index (χ2n) is 29.9. The molecular formula is C77H112N6. The fraction of sp³-hybridized carbons (Fsp3) is 0.610. The Morgan fingerprint density at radius 2 is 0.880 bits per heavy atom. The lowest BCUT2D eigenvalue weighted by Gasteiger charge is -2.68. The molecule has 1 saturated carbocycles. The van der Waals surface area contributed by atoms with Gasteiger partial charge in [-0.1, -0.05) is 69.3 Å². The molecule has 13 atom stereocenters. The maximum absolute atomic E-state index is 2.80. The summed E-state index contributed by atoms with van der Waals surface area (Å²) in [5, 5.41) is 0. The lowest BCUT2D eigenvalue weighted by atomic mass is 9.50. The number of aryl methyl sites for hydroxylation is 8. The molecule has 10 fully saturated rings. The topological polar surface area (TPSA) is 19.4 Å². The van der Waals surface area contributed by atoms with Gasteiger partial charge < -0.3 is 19.6 Å². The predicted octanol–water partition coefficient (Wildman–Crippen LogP) is 18.7. The first-order valence-electron chi connectivity index (χ1n) is 33.0. The van der Waals surface area contributed by atoms with Crippen molar-refractivity contribution in [1.82, 2.24) is 9.80 Å². The van der Waals surface area contributed by atoms with E-state index < -0.39 is 0 Å². The van der Waals surface area contributed by atoms with Gasteiger partial charge in [0.15, 0.2) is 0 Å². The van der Waals surface area contributed by atoms with Crippen LogP contribution in [0.4, 0.5) is 22.7 Å². The summed E-state index contributed by atoms with van der Waals surface area (Å²) in [6.45, 7) is 57.7. The quantitative estimate of drug-likeness (QED) is 0.177. The van der Waals surface area contributed by atoms with E-state index in [4.69, 9.17) is 0 Å². The SMILES string of the molecule is Cc1cc(C)c(C)c(N2C(C)C3(C)CCC2(C)C(C)C3C)c1.Cc1cc(C)c(C)c(N2C(C)N3CCC2(C)CC3)c1.Cc1cc(C)c(C)c(N2C(C)N3CCC2(C)CC3C)c1.Cc1cc(C)c(C)c(N2C3CCC(c4ccccc43)C2C)c1. The summed E-state index contributed by atoms with van der Waals surface area (Å²) < 4.78 is 0. The van der Waals surface area contributed by atoms with Gasteiger partial charge in [-0.2, -0.15) is 0 Å². The molecule has 5 aromatic carbocycles. The van der Waals surface area contributed by atoms with E-state index in [2.05, 4.69) is 261 Å². The highest BCUT2D eigenvalue weighted by Gasteiger charge is 2.60. The van der Waals surface area contributed by atoms with Crippen LogP contribution in [0.1, 0.15) is 217 Å². The summed E-state index contributed by atoms with van der Waals surface area (Å²) in [5.41, 5.74) is 27.4. The first-order chi connectivity index (χ1) is 39.0. The van der Waals surface area contributed by atoms with Gasteiger partial charge in [-0.05, 0) is 309 Å². The highest BCUT2D eigenvalue weighted by molar-refractivity contribution is 5.66. The average molecular weight is 1120 g/mol. The molecular weight excluding hydrogens is 1010 g/mol. The first kappa shape index (κ1) is 61.3. The molecule has 0 spiro atoms. The molecule has 13 unspecified atom stereocenters. The van der Waals surface area contributed by atoms with Gasteiger partial charge in [0, 0.05) is 83.0 Å². The van der Waals surface area contributed by atoms with Gasteiger partial charge in [-0.3, -0.25) is 9.80 Å². The predicted molar refractivity (Wildman–Crippen MR) is 359 cm³/mol. The Morgan fingerprint density at radius 3 is 1.36 bits per heavy atom. The molecule has 83 heavy (non-hydrogen) atoms. The molecule has 5 aromatic rings. The van der Waals surface area contributed by atoms with Crippen LogP contribution in [0.2, 0.25) is 0 Å². The monoisotopic (exact) mass is 1120 g/mol. The number of piperidine rings is 5. The number of rotatable bonds is 4. The Labute approximate surface area is 506 Å². The standard InChI is InChI=1S/C21H25N.C21H33N.C18H28N2.C17H26N2/c1-13-11-14(2)15(3)21(12-13)22-16(4)17-9-10-20(22)19-8-6-5-7-18(17)19;1-13-11-14(2)15(3)19(12-13)22-18(6)20(7)9-10-21(22,8)17(5)16(20)4;1-12-9-13(2)15(4)17(10-12)20-16(5)19-8-7-18(20,6)11-14(19)3;1-12-10-13(2)14(3)16(11-12)19-15(4)18-8-6-17(19,5)7-9-18/h5-8,11-12,16-17,20H,9-10H2,1-4H3;11-12,16-18H,9-10H2,1-8H3;9-10,14,16H,7-8,11H2,1-6H3;10-11,15H,6-9H2,1-5H3. The summed E-state index contributed by atoms with van der Waals surface area (Å²) in [4.78, 5) is 16.2.